The van der Waals surface area contributed by atoms with Gasteiger partial charge in [-0.15, -0.1) is 0 Å². The van der Waals surface area contributed by atoms with Crippen molar-refractivity contribution in [2.45, 2.75) is 26.6 Å². The Kier molecular flexibility index (Phi) is 6.54. The van der Waals surface area contributed by atoms with E-state index < -0.39 is 6.61 Å². The highest BCUT2D eigenvalue weighted by Gasteiger charge is 2.09. The van der Waals surface area contributed by atoms with E-state index in [-0.39, 0.29) is 5.75 Å². The second-order valence-electron chi connectivity index (χ2n) is 5.25. The maximum absolute atomic E-state index is 12.4. The molecule has 0 saturated carbocycles. The van der Waals surface area contributed by atoms with Gasteiger partial charge in [-0.2, -0.15) is 8.78 Å². The Labute approximate surface area is 140 Å². The van der Waals surface area contributed by atoms with Crippen LogP contribution in [0.1, 0.15) is 16.7 Å². The zero-order chi connectivity index (χ0) is 17.4. The molecular weight excluding hydrogens is 312 g/mol. The number of nitrogens with zero attached hydrogens (tertiary/aromatic N) is 1. The summed E-state index contributed by atoms with van der Waals surface area (Å²) in [6.07, 6.45) is 0. The molecule has 0 bridgehead atoms. The Balaban J connectivity index is 1.91. The van der Waals surface area contributed by atoms with E-state index in [1.807, 2.05) is 31.2 Å². The summed E-state index contributed by atoms with van der Waals surface area (Å²) in [4.78, 5) is 4.13. The standard InChI is InChI=1S/C18H21F2N3O/c1-13-7-9-14(10-8-13)11-22-18(21-2)23-12-15-5-3-4-6-16(15)24-17(19)20/h3-10,17H,11-12H2,1-2H3,(H2,21,22,23). The molecule has 4 nitrogen and oxygen atoms in total. The maximum atomic E-state index is 12.4. The third kappa shape index (κ3) is 5.53. The lowest BCUT2D eigenvalue weighted by Gasteiger charge is -2.14. The average Bonchev–Trinajstić information content (AvgIpc) is 2.57. The van der Waals surface area contributed by atoms with Gasteiger partial charge >= 0.3 is 6.61 Å². The van der Waals surface area contributed by atoms with E-state index in [2.05, 4.69) is 20.4 Å². The molecule has 0 saturated heterocycles. The molecule has 0 heterocycles. The van der Waals surface area contributed by atoms with Crippen LogP contribution in [0, 0.1) is 6.92 Å². The van der Waals surface area contributed by atoms with Crippen LogP contribution in [-0.4, -0.2) is 19.6 Å². The Bertz CT molecular complexity index is 672. The molecule has 2 aromatic rings. The minimum absolute atomic E-state index is 0.161. The number of alkyl halides is 2. The molecular formula is C18H21F2N3O. The van der Waals surface area contributed by atoms with Crippen LogP contribution in [0.25, 0.3) is 0 Å². The Morgan fingerprint density at radius 3 is 2.38 bits per heavy atom. The number of hydrogen-bond donors (Lipinski definition) is 2. The van der Waals surface area contributed by atoms with Crippen LogP contribution in [0.4, 0.5) is 8.78 Å². The van der Waals surface area contributed by atoms with E-state index in [1.54, 1.807) is 25.2 Å². The molecule has 0 spiro atoms. The van der Waals surface area contributed by atoms with Gasteiger partial charge in [-0.3, -0.25) is 4.99 Å². The fourth-order valence-electron chi connectivity index (χ4n) is 2.15. The van der Waals surface area contributed by atoms with E-state index in [0.29, 0.717) is 24.6 Å². The predicted octanol–water partition coefficient (Wildman–Crippen LogP) is 3.46. The Hall–Kier alpha value is -2.63. The van der Waals surface area contributed by atoms with Gasteiger partial charge in [-0.25, -0.2) is 0 Å². The highest BCUT2D eigenvalue weighted by molar-refractivity contribution is 5.79. The fraction of sp³-hybridized carbons (Fsp3) is 0.278. The summed E-state index contributed by atoms with van der Waals surface area (Å²) in [6, 6.07) is 14.9. The van der Waals surface area contributed by atoms with E-state index >= 15 is 0 Å². The van der Waals surface area contributed by atoms with Gasteiger partial charge in [0.05, 0.1) is 0 Å². The molecule has 24 heavy (non-hydrogen) atoms. The van der Waals surface area contributed by atoms with Gasteiger partial charge in [0.2, 0.25) is 0 Å². The SMILES string of the molecule is CN=C(NCc1ccc(C)cc1)NCc1ccccc1OC(F)F. The number of ether oxygens (including phenoxy) is 1. The van der Waals surface area contributed by atoms with E-state index in [4.69, 9.17) is 0 Å². The lowest BCUT2D eigenvalue weighted by molar-refractivity contribution is -0.0504. The number of hydrogen-bond acceptors (Lipinski definition) is 2. The van der Waals surface area contributed by atoms with Gasteiger partial charge in [0.1, 0.15) is 5.75 Å². The van der Waals surface area contributed by atoms with E-state index in [0.717, 1.165) is 5.56 Å². The molecule has 2 N–H and O–H groups in total. The molecule has 6 heteroatoms. The Morgan fingerprint density at radius 2 is 1.71 bits per heavy atom. The van der Waals surface area contributed by atoms with Crippen LogP contribution in [-0.2, 0) is 13.1 Å². The van der Waals surface area contributed by atoms with Crippen molar-refractivity contribution >= 4 is 5.96 Å². The molecule has 0 unspecified atom stereocenters. The number of aliphatic imine (C=N–C) groups is 1. The summed E-state index contributed by atoms with van der Waals surface area (Å²) in [7, 11) is 1.66. The van der Waals surface area contributed by atoms with Gasteiger partial charge in [-0.05, 0) is 18.6 Å². The number of para-hydroxylation sites is 1. The van der Waals surface area contributed by atoms with Crippen LogP contribution in [0.15, 0.2) is 53.5 Å². The molecule has 0 amide bonds. The van der Waals surface area contributed by atoms with Gasteiger partial charge in [-0.1, -0.05) is 48.0 Å². The molecule has 0 aliphatic heterocycles. The highest BCUT2D eigenvalue weighted by atomic mass is 19.3. The second kappa shape index (κ2) is 8.86. The van der Waals surface area contributed by atoms with Crippen molar-refractivity contribution in [3.63, 3.8) is 0 Å². The number of rotatable bonds is 6. The maximum Gasteiger partial charge on any atom is 0.387 e. The first kappa shape index (κ1) is 17.7. The fourth-order valence-corrected chi connectivity index (χ4v) is 2.15. The zero-order valence-corrected chi connectivity index (χ0v) is 13.7. The minimum Gasteiger partial charge on any atom is -0.434 e. The zero-order valence-electron chi connectivity index (χ0n) is 13.7. The molecule has 0 aliphatic rings. The molecule has 2 aromatic carbocycles. The first-order valence-corrected chi connectivity index (χ1v) is 7.61. The first-order valence-electron chi connectivity index (χ1n) is 7.61. The average molecular weight is 333 g/mol. The largest absolute Gasteiger partial charge is 0.434 e. The summed E-state index contributed by atoms with van der Waals surface area (Å²) in [5.74, 6) is 0.747. The van der Waals surface area contributed by atoms with Crippen molar-refractivity contribution in [3.05, 3.63) is 65.2 Å². The highest BCUT2D eigenvalue weighted by Crippen LogP contribution is 2.19. The quantitative estimate of drug-likeness (QED) is 0.629. The molecule has 2 rings (SSSR count). The number of nitrogens with one attached hydrogen (secondary N) is 2. The number of halogens is 2. The molecule has 0 aromatic heterocycles. The lowest BCUT2D eigenvalue weighted by Crippen LogP contribution is -2.36. The number of aryl methyl sites for hydroxylation is 1. The first-order chi connectivity index (χ1) is 11.6. The van der Waals surface area contributed by atoms with Gasteiger partial charge in [0.25, 0.3) is 0 Å². The summed E-state index contributed by atoms with van der Waals surface area (Å²) < 4.78 is 29.4. The van der Waals surface area contributed by atoms with Gasteiger partial charge in [0.15, 0.2) is 5.96 Å². The molecule has 0 atom stereocenters. The normalized spacial score (nSPS) is 11.5. The van der Waals surface area contributed by atoms with Crippen molar-refractivity contribution in [2.75, 3.05) is 7.05 Å². The minimum atomic E-state index is -2.84. The molecule has 0 aliphatic carbocycles. The number of guanidine groups is 1. The van der Waals surface area contributed by atoms with Crippen LogP contribution in [0.2, 0.25) is 0 Å². The summed E-state index contributed by atoms with van der Waals surface area (Å²) in [5, 5.41) is 6.28. The third-order valence-corrected chi connectivity index (χ3v) is 3.44. The summed E-state index contributed by atoms with van der Waals surface area (Å²) >= 11 is 0. The van der Waals surface area contributed by atoms with Crippen LogP contribution < -0.4 is 15.4 Å². The van der Waals surface area contributed by atoms with Gasteiger partial charge in [0, 0.05) is 25.7 Å². The van der Waals surface area contributed by atoms with Crippen LogP contribution >= 0.6 is 0 Å². The molecule has 0 fully saturated rings. The van der Waals surface area contributed by atoms with E-state index in [1.165, 1.54) is 11.6 Å². The lowest BCUT2D eigenvalue weighted by atomic mass is 10.1. The summed E-state index contributed by atoms with van der Waals surface area (Å²) in [5.41, 5.74) is 2.97. The topological polar surface area (TPSA) is 45.7 Å². The molecule has 0 radical (unpaired) electrons. The van der Waals surface area contributed by atoms with Crippen molar-refractivity contribution in [3.8, 4) is 5.75 Å². The molecule has 128 valence electrons. The van der Waals surface area contributed by atoms with Gasteiger partial charge < -0.3 is 15.4 Å². The smallest absolute Gasteiger partial charge is 0.387 e. The van der Waals surface area contributed by atoms with Crippen molar-refractivity contribution < 1.29 is 13.5 Å². The van der Waals surface area contributed by atoms with Crippen LogP contribution in [0.5, 0.6) is 5.75 Å². The van der Waals surface area contributed by atoms with Crippen molar-refractivity contribution in [1.82, 2.24) is 10.6 Å². The van der Waals surface area contributed by atoms with Crippen molar-refractivity contribution in [2.24, 2.45) is 4.99 Å². The number of benzene rings is 2. The third-order valence-electron chi connectivity index (χ3n) is 3.44. The van der Waals surface area contributed by atoms with Crippen LogP contribution in [0.3, 0.4) is 0 Å². The van der Waals surface area contributed by atoms with E-state index in [9.17, 15) is 8.78 Å². The Morgan fingerprint density at radius 1 is 1.04 bits per heavy atom. The van der Waals surface area contributed by atoms with Crippen molar-refractivity contribution in [1.29, 1.82) is 0 Å². The second-order valence-corrected chi connectivity index (χ2v) is 5.25. The monoisotopic (exact) mass is 333 g/mol. The predicted molar refractivity (Wildman–Crippen MR) is 91.3 cm³/mol. The summed E-state index contributed by atoms with van der Waals surface area (Å²) in [6.45, 7) is 0.146.